The first-order valence-electron chi connectivity index (χ1n) is 8.30. The number of fused-ring (bicyclic) bond motifs is 1. The lowest BCUT2D eigenvalue weighted by molar-refractivity contribution is -0.129. The molecular formula is C20H24N2O2. The van der Waals surface area contributed by atoms with E-state index < -0.39 is 0 Å². The molecule has 2 aromatic rings. The maximum atomic E-state index is 12.6. The van der Waals surface area contributed by atoms with Crippen molar-refractivity contribution in [1.82, 2.24) is 4.90 Å². The Bertz CT molecular complexity index is 712. The van der Waals surface area contributed by atoms with Crippen LogP contribution in [-0.4, -0.2) is 37.6 Å². The maximum Gasteiger partial charge on any atom is 0.242 e. The number of amides is 1. The van der Waals surface area contributed by atoms with Crippen molar-refractivity contribution in [2.24, 2.45) is 0 Å². The van der Waals surface area contributed by atoms with Crippen LogP contribution in [-0.2, 0) is 17.8 Å². The smallest absolute Gasteiger partial charge is 0.242 e. The topological polar surface area (TPSA) is 32.8 Å². The fourth-order valence-electron chi connectivity index (χ4n) is 3.23. The van der Waals surface area contributed by atoms with Crippen molar-refractivity contribution in [3.63, 3.8) is 0 Å². The highest BCUT2D eigenvalue weighted by Crippen LogP contribution is 2.31. The Morgan fingerprint density at radius 3 is 2.62 bits per heavy atom. The number of rotatable bonds is 5. The van der Waals surface area contributed by atoms with Gasteiger partial charge in [-0.1, -0.05) is 30.3 Å². The van der Waals surface area contributed by atoms with Crippen LogP contribution in [0.25, 0.3) is 0 Å². The van der Waals surface area contributed by atoms with E-state index in [0.29, 0.717) is 19.1 Å². The van der Waals surface area contributed by atoms with Gasteiger partial charge >= 0.3 is 0 Å². The molecule has 126 valence electrons. The Morgan fingerprint density at radius 2 is 1.92 bits per heavy atom. The zero-order valence-electron chi connectivity index (χ0n) is 14.5. The minimum atomic E-state index is 0.134. The molecule has 2 aromatic carbocycles. The van der Waals surface area contributed by atoms with Crippen LogP contribution in [0, 0.1) is 0 Å². The summed E-state index contributed by atoms with van der Waals surface area (Å²) in [4.78, 5) is 16.6. The monoisotopic (exact) mass is 324 g/mol. The van der Waals surface area contributed by atoms with Gasteiger partial charge in [0.1, 0.15) is 5.75 Å². The van der Waals surface area contributed by atoms with Gasteiger partial charge < -0.3 is 14.5 Å². The zero-order valence-corrected chi connectivity index (χ0v) is 14.5. The van der Waals surface area contributed by atoms with Crippen molar-refractivity contribution in [1.29, 1.82) is 0 Å². The number of hydrogen-bond donors (Lipinski definition) is 0. The van der Waals surface area contributed by atoms with E-state index >= 15 is 0 Å². The molecule has 0 unspecified atom stereocenters. The lowest BCUT2D eigenvalue weighted by Gasteiger charge is -2.27. The van der Waals surface area contributed by atoms with Gasteiger partial charge in [-0.05, 0) is 42.7 Å². The van der Waals surface area contributed by atoms with E-state index in [2.05, 4.69) is 30.0 Å². The number of ether oxygens (including phenoxy) is 1. The summed E-state index contributed by atoms with van der Waals surface area (Å²) in [6.45, 7) is 3.20. The van der Waals surface area contributed by atoms with E-state index in [0.717, 1.165) is 17.7 Å². The van der Waals surface area contributed by atoms with Crippen LogP contribution in [0.4, 0.5) is 5.69 Å². The van der Waals surface area contributed by atoms with Gasteiger partial charge in [0.15, 0.2) is 0 Å². The number of methoxy groups -OCH3 is 1. The first-order valence-corrected chi connectivity index (χ1v) is 8.30. The quantitative estimate of drug-likeness (QED) is 0.847. The summed E-state index contributed by atoms with van der Waals surface area (Å²) in [5, 5.41) is 0. The van der Waals surface area contributed by atoms with Crippen LogP contribution >= 0.6 is 0 Å². The molecule has 1 aliphatic rings. The lowest BCUT2D eigenvalue weighted by atomic mass is 10.1. The van der Waals surface area contributed by atoms with Crippen molar-refractivity contribution >= 4 is 11.6 Å². The second-order valence-corrected chi connectivity index (χ2v) is 6.41. The summed E-state index contributed by atoms with van der Waals surface area (Å²) in [6, 6.07) is 16.6. The fourth-order valence-corrected chi connectivity index (χ4v) is 3.23. The van der Waals surface area contributed by atoms with Gasteiger partial charge in [-0.25, -0.2) is 0 Å². The number of nitrogens with zero attached hydrogens (tertiary/aromatic N) is 2. The maximum absolute atomic E-state index is 12.6. The first kappa shape index (κ1) is 16.4. The molecule has 1 amide bonds. The highest BCUT2D eigenvalue weighted by molar-refractivity contribution is 5.82. The number of benzene rings is 2. The normalized spacial score (nSPS) is 16.0. The van der Waals surface area contributed by atoms with Gasteiger partial charge in [0.2, 0.25) is 5.91 Å². The molecule has 0 saturated heterocycles. The van der Waals surface area contributed by atoms with Gasteiger partial charge in [-0.15, -0.1) is 0 Å². The van der Waals surface area contributed by atoms with Crippen molar-refractivity contribution in [2.45, 2.75) is 25.9 Å². The van der Waals surface area contributed by atoms with Crippen molar-refractivity contribution < 1.29 is 9.53 Å². The predicted octanol–water partition coefficient (Wildman–Crippen LogP) is 3.10. The van der Waals surface area contributed by atoms with Crippen molar-refractivity contribution in [3.8, 4) is 5.75 Å². The highest BCUT2D eigenvalue weighted by atomic mass is 16.5. The summed E-state index contributed by atoms with van der Waals surface area (Å²) >= 11 is 0. The molecule has 0 aliphatic carbocycles. The van der Waals surface area contributed by atoms with E-state index in [-0.39, 0.29) is 5.91 Å². The molecule has 4 heteroatoms. The predicted molar refractivity (Wildman–Crippen MR) is 96.4 cm³/mol. The van der Waals surface area contributed by atoms with Gasteiger partial charge in [-0.3, -0.25) is 4.79 Å². The van der Waals surface area contributed by atoms with Crippen LogP contribution in [0.1, 0.15) is 18.1 Å². The molecule has 0 radical (unpaired) electrons. The molecule has 0 saturated carbocycles. The minimum absolute atomic E-state index is 0.134. The number of hydrogen-bond acceptors (Lipinski definition) is 3. The number of anilines is 1. The third-order valence-electron chi connectivity index (χ3n) is 4.66. The van der Waals surface area contributed by atoms with Gasteiger partial charge in [0.05, 0.1) is 13.7 Å². The third kappa shape index (κ3) is 3.37. The number of para-hydroxylation sites is 1. The highest BCUT2D eigenvalue weighted by Gasteiger charge is 2.27. The Balaban J connectivity index is 1.64. The average molecular weight is 324 g/mol. The Labute approximate surface area is 143 Å². The Hall–Kier alpha value is -2.49. The Morgan fingerprint density at radius 1 is 1.21 bits per heavy atom. The Kier molecular flexibility index (Phi) is 4.74. The lowest BCUT2D eigenvalue weighted by Crippen LogP contribution is -2.40. The first-order chi connectivity index (χ1) is 11.6. The summed E-state index contributed by atoms with van der Waals surface area (Å²) in [7, 11) is 3.51. The summed E-state index contributed by atoms with van der Waals surface area (Å²) in [5.74, 6) is 0.963. The second kappa shape index (κ2) is 6.95. The third-order valence-corrected chi connectivity index (χ3v) is 4.66. The van der Waals surface area contributed by atoms with Crippen molar-refractivity contribution in [3.05, 3.63) is 59.7 Å². The molecule has 24 heavy (non-hydrogen) atoms. The standard InChI is InChI=1S/C20H24N2O2/c1-15-12-17-6-4-5-7-19(17)22(15)14-20(23)21(2)13-16-8-10-18(24-3)11-9-16/h4-11,15H,12-14H2,1-3H3/t15-/m1/s1. The molecule has 1 atom stereocenters. The average Bonchev–Trinajstić information content (AvgIpc) is 2.91. The largest absolute Gasteiger partial charge is 0.497 e. The van der Waals surface area contributed by atoms with Gasteiger partial charge in [0, 0.05) is 25.3 Å². The summed E-state index contributed by atoms with van der Waals surface area (Å²) in [6.07, 6.45) is 1.01. The van der Waals surface area contributed by atoms with E-state index in [1.54, 1.807) is 12.0 Å². The van der Waals surface area contributed by atoms with E-state index in [1.165, 1.54) is 11.3 Å². The SMILES string of the molecule is COc1ccc(CN(C)C(=O)CN2c3ccccc3C[C@H]2C)cc1. The fraction of sp³-hybridized carbons (Fsp3) is 0.350. The van der Waals surface area contributed by atoms with Gasteiger partial charge in [-0.2, -0.15) is 0 Å². The molecule has 0 spiro atoms. The van der Waals surface area contributed by atoms with Crippen molar-refractivity contribution in [2.75, 3.05) is 25.6 Å². The van der Waals surface area contributed by atoms with Crippen LogP contribution in [0.15, 0.2) is 48.5 Å². The van der Waals surface area contributed by atoms with Crippen LogP contribution in [0.5, 0.6) is 5.75 Å². The summed E-state index contributed by atoms with van der Waals surface area (Å²) < 4.78 is 5.17. The van der Waals surface area contributed by atoms with E-state index in [9.17, 15) is 4.79 Å². The zero-order chi connectivity index (χ0) is 17.1. The van der Waals surface area contributed by atoms with Crippen LogP contribution < -0.4 is 9.64 Å². The van der Waals surface area contributed by atoms with E-state index in [4.69, 9.17) is 4.74 Å². The molecule has 4 nitrogen and oxygen atoms in total. The van der Waals surface area contributed by atoms with E-state index in [1.807, 2.05) is 37.4 Å². The minimum Gasteiger partial charge on any atom is -0.497 e. The molecule has 1 heterocycles. The number of carbonyl (C=O) groups is 1. The molecule has 0 aromatic heterocycles. The van der Waals surface area contributed by atoms with Crippen LogP contribution in [0.3, 0.4) is 0 Å². The van der Waals surface area contributed by atoms with Crippen LogP contribution in [0.2, 0.25) is 0 Å². The molecule has 0 fully saturated rings. The molecule has 0 bridgehead atoms. The number of likely N-dealkylation sites (N-methyl/N-ethyl adjacent to an activating group) is 1. The second-order valence-electron chi connectivity index (χ2n) is 6.41. The summed E-state index contributed by atoms with van der Waals surface area (Å²) in [5.41, 5.74) is 3.62. The molecule has 1 aliphatic heterocycles. The molecule has 3 rings (SSSR count). The van der Waals surface area contributed by atoms with Gasteiger partial charge in [0.25, 0.3) is 0 Å². The number of carbonyl (C=O) groups excluding carboxylic acids is 1. The molecule has 0 N–H and O–H groups in total. The molecular weight excluding hydrogens is 300 g/mol.